The van der Waals surface area contributed by atoms with Crippen LogP contribution in [0.1, 0.15) is 32.6 Å². The van der Waals surface area contributed by atoms with E-state index in [-0.39, 0.29) is 12.0 Å². The van der Waals surface area contributed by atoms with Gasteiger partial charge in [-0.3, -0.25) is 4.79 Å². The lowest BCUT2D eigenvalue weighted by Gasteiger charge is -2.09. The second-order valence-corrected chi connectivity index (χ2v) is 3.49. The molecule has 3 heteroatoms. The highest BCUT2D eigenvalue weighted by Crippen LogP contribution is 2.24. The monoisotopic (exact) mass is 171 g/mol. The first-order valence-corrected chi connectivity index (χ1v) is 4.67. The number of hydrogen-bond acceptors (Lipinski definition) is 2. The first-order chi connectivity index (χ1) is 5.72. The molecule has 0 unspecified atom stereocenters. The number of nitrogens with one attached hydrogen (secondary N) is 1. The van der Waals surface area contributed by atoms with E-state index in [0.717, 1.165) is 25.8 Å². The summed E-state index contributed by atoms with van der Waals surface area (Å²) in [5, 5.41) is 12.1. The number of rotatable bonds is 3. The summed E-state index contributed by atoms with van der Waals surface area (Å²) in [6, 6.07) is 0. The number of aliphatic hydroxyl groups excluding tert-OH is 1. The number of aliphatic hydroxyl groups is 1. The highest BCUT2D eigenvalue weighted by Gasteiger charge is 2.22. The van der Waals surface area contributed by atoms with Crippen LogP contribution >= 0.6 is 0 Å². The average molecular weight is 171 g/mol. The van der Waals surface area contributed by atoms with E-state index in [0.29, 0.717) is 12.3 Å². The Morgan fingerprint density at radius 1 is 1.58 bits per heavy atom. The lowest BCUT2D eigenvalue weighted by atomic mass is 10.1. The van der Waals surface area contributed by atoms with Crippen LogP contribution in [0.15, 0.2) is 0 Å². The zero-order valence-electron chi connectivity index (χ0n) is 7.55. The summed E-state index contributed by atoms with van der Waals surface area (Å²) < 4.78 is 0. The van der Waals surface area contributed by atoms with Crippen molar-refractivity contribution in [1.29, 1.82) is 0 Å². The highest BCUT2D eigenvalue weighted by molar-refractivity contribution is 5.75. The fourth-order valence-electron chi connectivity index (χ4n) is 1.62. The van der Waals surface area contributed by atoms with E-state index in [1.165, 1.54) is 0 Å². The van der Waals surface area contributed by atoms with Gasteiger partial charge in [-0.05, 0) is 25.2 Å². The summed E-state index contributed by atoms with van der Waals surface area (Å²) >= 11 is 0. The van der Waals surface area contributed by atoms with E-state index in [1.807, 2.05) is 6.92 Å². The molecular formula is C9H17NO2. The first-order valence-electron chi connectivity index (χ1n) is 4.67. The Morgan fingerprint density at radius 2 is 2.33 bits per heavy atom. The van der Waals surface area contributed by atoms with Crippen LogP contribution in [0.25, 0.3) is 0 Å². The minimum absolute atomic E-state index is 0.108. The number of carbonyl (C=O) groups excluding carboxylic acids is 1. The van der Waals surface area contributed by atoms with Gasteiger partial charge in [-0.2, -0.15) is 0 Å². The highest BCUT2D eigenvalue weighted by atomic mass is 16.3. The fourth-order valence-corrected chi connectivity index (χ4v) is 1.62. The van der Waals surface area contributed by atoms with Crippen molar-refractivity contribution in [3.8, 4) is 0 Å². The van der Waals surface area contributed by atoms with E-state index >= 15 is 0 Å². The molecule has 1 saturated carbocycles. The molecule has 3 nitrogen and oxygen atoms in total. The molecule has 1 aliphatic rings. The van der Waals surface area contributed by atoms with Crippen molar-refractivity contribution < 1.29 is 9.90 Å². The number of carbonyl (C=O) groups is 1. The van der Waals surface area contributed by atoms with Gasteiger partial charge in [-0.25, -0.2) is 0 Å². The molecule has 0 radical (unpaired) electrons. The van der Waals surface area contributed by atoms with Crippen LogP contribution in [0.2, 0.25) is 0 Å². The number of amides is 1. The lowest BCUT2D eigenvalue weighted by molar-refractivity contribution is -0.120. The predicted octanol–water partition coefficient (Wildman–Crippen LogP) is 0.674. The second-order valence-electron chi connectivity index (χ2n) is 3.49. The third-order valence-corrected chi connectivity index (χ3v) is 2.42. The van der Waals surface area contributed by atoms with E-state index < -0.39 is 0 Å². The molecule has 2 atom stereocenters. The fraction of sp³-hybridized carbons (Fsp3) is 0.889. The Labute approximate surface area is 73.2 Å². The zero-order chi connectivity index (χ0) is 8.97. The minimum Gasteiger partial charge on any atom is -0.393 e. The first kappa shape index (κ1) is 9.52. The van der Waals surface area contributed by atoms with Gasteiger partial charge in [0.15, 0.2) is 0 Å². The lowest BCUT2D eigenvalue weighted by Crippen LogP contribution is -2.27. The molecule has 0 saturated heterocycles. The molecule has 0 aromatic carbocycles. The van der Waals surface area contributed by atoms with Crippen LogP contribution < -0.4 is 5.32 Å². The Hall–Kier alpha value is -0.570. The Balaban J connectivity index is 2.11. The zero-order valence-corrected chi connectivity index (χ0v) is 7.55. The van der Waals surface area contributed by atoms with Crippen molar-refractivity contribution in [1.82, 2.24) is 5.32 Å². The summed E-state index contributed by atoms with van der Waals surface area (Å²) in [5.74, 6) is 0.604. The van der Waals surface area contributed by atoms with Crippen molar-refractivity contribution in [2.75, 3.05) is 6.54 Å². The molecular weight excluding hydrogens is 154 g/mol. The molecule has 0 aromatic rings. The van der Waals surface area contributed by atoms with Gasteiger partial charge in [0.05, 0.1) is 6.10 Å². The van der Waals surface area contributed by atoms with Crippen LogP contribution in [0.4, 0.5) is 0 Å². The topological polar surface area (TPSA) is 49.3 Å². The van der Waals surface area contributed by atoms with E-state index in [2.05, 4.69) is 5.32 Å². The van der Waals surface area contributed by atoms with Gasteiger partial charge >= 0.3 is 0 Å². The smallest absolute Gasteiger partial charge is 0.219 e. The quantitative estimate of drug-likeness (QED) is 0.656. The van der Waals surface area contributed by atoms with Gasteiger partial charge in [0.2, 0.25) is 5.91 Å². The normalized spacial score (nSPS) is 28.8. The van der Waals surface area contributed by atoms with Crippen molar-refractivity contribution in [2.24, 2.45) is 5.92 Å². The summed E-state index contributed by atoms with van der Waals surface area (Å²) in [4.78, 5) is 10.9. The molecule has 0 aliphatic heterocycles. The second kappa shape index (κ2) is 4.45. The Kier molecular flexibility index (Phi) is 3.53. The third kappa shape index (κ3) is 2.81. The summed E-state index contributed by atoms with van der Waals surface area (Å²) in [6.07, 6.45) is 3.21. The molecule has 12 heavy (non-hydrogen) atoms. The SMILES string of the molecule is CCC(=O)NC[C@H]1CC[C@H](O)C1. The van der Waals surface area contributed by atoms with Crippen LogP contribution in [0.5, 0.6) is 0 Å². The molecule has 1 rings (SSSR count). The van der Waals surface area contributed by atoms with Crippen LogP contribution in [-0.4, -0.2) is 23.7 Å². The molecule has 0 bridgehead atoms. The standard InChI is InChI=1S/C9H17NO2/c1-2-9(12)10-6-7-3-4-8(11)5-7/h7-8,11H,2-6H2,1H3,(H,10,12)/t7-,8-/m0/s1. The Morgan fingerprint density at radius 3 is 2.83 bits per heavy atom. The molecule has 0 aromatic heterocycles. The van der Waals surface area contributed by atoms with Gasteiger partial charge in [-0.1, -0.05) is 6.92 Å². The van der Waals surface area contributed by atoms with Crippen molar-refractivity contribution in [3.05, 3.63) is 0 Å². The maximum Gasteiger partial charge on any atom is 0.219 e. The summed E-state index contributed by atoms with van der Waals surface area (Å²) in [5.41, 5.74) is 0. The van der Waals surface area contributed by atoms with Crippen LogP contribution in [0, 0.1) is 5.92 Å². The molecule has 0 spiro atoms. The van der Waals surface area contributed by atoms with Gasteiger partial charge in [0, 0.05) is 13.0 Å². The van der Waals surface area contributed by atoms with Crippen LogP contribution in [-0.2, 0) is 4.79 Å². The molecule has 1 aliphatic carbocycles. The van der Waals surface area contributed by atoms with E-state index in [4.69, 9.17) is 0 Å². The largest absolute Gasteiger partial charge is 0.393 e. The number of hydrogen-bond donors (Lipinski definition) is 2. The van der Waals surface area contributed by atoms with Gasteiger partial charge in [0.25, 0.3) is 0 Å². The molecule has 1 amide bonds. The summed E-state index contributed by atoms with van der Waals surface area (Å²) in [6.45, 7) is 2.59. The predicted molar refractivity (Wildman–Crippen MR) is 46.6 cm³/mol. The third-order valence-electron chi connectivity index (χ3n) is 2.42. The van der Waals surface area contributed by atoms with Gasteiger partial charge in [-0.15, -0.1) is 0 Å². The minimum atomic E-state index is -0.131. The van der Waals surface area contributed by atoms with Crippen molar-refractivity contribution >= 4 is 5.91 Å². The maximum absolute atomic E-state index is 10.9. The van der Waals surface area contributed by atoms with Crippen LogP contribution in [0.3, 0.4) is 0 Å². The molecule has 0 heterocycles. The van der Waals surface area contributed by atoms with Crippen molar-refractivity contribution in [2.45, 2.75) is 38.7 Å². The van der Waals surface area contributed by atoms with E-state index in [9.17, 15) is 9.90 Å². The molecule has 2 N–H and O–H groups in total. The van der Waals surface area contributed by atoms with Gasteiger partial charge < -0.3 is 10.4 Å². The maximum atomic E-state index is 10.9. The van der Waals surface area contributed by atoms with Crippen molar-refractivity contribution in [3.63, 3.8) is 0 Å². The van der Waals surface area contributed by atoms with Gasteiger partial charge in [0.1, 0.15) is 0 Å². The summed E-state index contributed by atoms with van der Waals surface area (Å²) in [7, 11) is 0. The molecule has 70 valence electrons. The Bertz CT molecular complexity index is 159. The average Bonchev–Trinajstić information content (AvgIpc) is 2.47. The molecule has 1 fully saturated rings. The van der Waals surface area contributed by atoms with E-state index in [1.54, 1.807) is 0 Å².